The van der Waals surface area contributed by atoms with Crippen molar-refractivity contribution in [3.05, 3.63) is 39.9 Å². The van der Waals surface area contributed by atoms with Crippen molar-refractivity contribution in [1.82, 2.24) is 5.43 Å². The van der Waals surface area contributed by atoms with E-state index in [2.05, 4.69) is 22.7 Å². The van der Waals surface area contributed by atoms with Crippen LogP contribution in [0.25, 0.3) is 0 Å². The molecule has 17 heavy (non-hydrogen) atoms. The van der Waals surface area contributed by atoms with E-state index in [0.717, 1.165) is 0 Å². The van der Waals surface area contributed by atoms with Gasteiger partial charge in [0.2, 0.25) is 0 Å². The first-order valence-electron chi connectivity index (χ1n) is 4.61. The van der Waals surface area contributed by atoms with Crippen LogP contribution in [0.15, 0.2) is 29.4 Å². The van der Waals surface area contributed by atoms with Crippen molar-refractivity contribution in [3.63, 3.8) is 0 Å². The van der Waals surface area contributed by atoms with E-state index in [9.17, 15) is 10.1 Å². The number of nitro benzene ring substituents is 1. The molecule has 0 amide bonds. The fourth-order valence-corrected chi connectivity index (χ4v) is 1.17. The van der Waals surface area contributed by atoms with E-state index in [1.165, 1.54) is 12.1 Å². The second kappa shape index (κ2) is 5.87. The Kier molecular flexibility index (Phi) is 4.49. The molecule has 5 N–H and O–H groups in total. The molecular weight excluding hydrogens is 242 g/mol. The number of thiocarbonyl (C=S) groups is 1. The molecule has 0 heterocycles. The molecule has 0 radical (unpaired) electrons. The molecule has 0 spiro atoms. The van der Waals surface area contributed by atoms with Crippen molar-refractivity contribution in [2.75, 3.05) is 6.54 Å². The van der Waals surface area contributed by atoms with Gasteiger partial charge in [-0.25, -0.2) is 0 Å². The SMILES string of the molecule is NC/C(=N\NC(N)=S)c1ccc([N+](=O)[O-])cc1. The van der Waals surface area contributed by atoms with Crippen molar-refractivity contribution in [2.24, 2.45) is 16.6 Å². The number of non-ortho nitro benzene ring substituents is 1. The highest BCUT2D eigenvalue weighted by molar-refractivity contribution is 7.80. The number of hydrazone groups is 1. The third-order valence-electron chi connectivity index (χ3n) is 1.91. The van der Waals surface area contributed by atoms with Gasteiger partial charge in [0.05, 0.1) is 10.6 Å². The summed E-state index contributed by atoms with van der Waals surface area (Å²) >= 11 is 4.60. The molecule has 0 unspecified atom stereocenters. The third kappa shape index (κ3) is 3.78. The predicted molar refractivity (Wildman–Crippen MR) is 68.6 cm³/mol. The van der Waals surface area contributed by atoms with Gasteiger partial charge < -0.3 is 11.5 Å². The number of benzene rings is 1. The zero-order chi connectivity index (χ0) is 12.8. The van der Waals surface area contributed by atoms with Gasteiger partial charge in [-0.05, 0) is 29.9 Å². The molecule has 0 saturated carbocycles. The third-order valence-corrected chi connectivity index (χ3v) is 2.00. The first kappa shape index (κ1) is 13.0. The van der Waals surface area contributed by atoms with Gasteiger partial charge in [0, 0.05) is 18.7 Å². The van der Waals surface area contributed by atoms with Gasteiger partial charge >= 0.3 is 0 Å². The van der Waals surface area contributed by atoms with Crippen molar-refractivity contribution in [3.8, 4) is 0 Å². The fourth-order valence-electron chi connectivity index (χ4n) is 1.13. The molecule has 0 bridgehead atoms. The first-order valence-corrected chi connectivity index (χ1v) is 5.02. The molecule has 1 rings (SSSR count). The lowest BCUT2D eigenvalue weighted by Crippen LogP contribution is -2.27. The van der Waals surface area contributed by atoms with E-state index < -0.39 is 4.92 Å². The number of hydrogen-bond acceptors (Lipinski definition) is 5. The molecule has 0 aliphatic heterocycles. The highest BCUT2D eigenvalue weighted by Crippen LogP contribution is 2.12. The van der Waals surface area contributed by atoms with Crippen LogP contribution in [0.1, 0.15) is 5.56 Å². The van der Waals surface area contributed by atoms with Crippen LogP contribution in [0.5, 0.6) is 0 Å². The molecule has 0 aromatic heterocycles. The van der Waals surface area contributed by atoms with Gasteiger partial charge in [-0.15, -0.1) is 0 Å². The summed E-state index contributed by atoms with van der Waals surface area (Å²) in [6, 6.07) is 5.87. The molecule has 90 valence electrons. The summed E-state index contributed by atoms with van der Waals surface area (Å²) in [5.74, 6) is 0. The molecule has 0 fully saturated rings. The van der Waals surface area contributed by atoms with Gasteiger partial charge in [-0.3, -0.25) is 15.5 Å². The summed E-state index contributed by atoms with van der Waals surface area (Å²) in [5, 5.41) is 14.4. The minimum atomic E-state index is -0.476. The lowest BCUT2D eigenvalue weighted by atomic mass is 10.1. The average Bonchev–Trinajstić information content (AvgIpc) is 2.30. The lowest BCUT2D eigenvalue weighted by Gasteiger charge is -2.04. The van der Waals surface area contributed by atoms with Gasteiger partial charge in [-0.1, -0.05) is 0 Å². The summed E-state index contributed by atoms with van der Waals surface area (Å²) < 4.78 is 0. The summed E-state index contributed by atoms with van der Waals surface area (Å²) in [7, 11) is 0. The highest BCUT2D eigenvalue weighted by Gasteiger charge is 2.07. The predicted octanol–water partition coefficient (Wildman–Crippen LogP) is 0.0908. The first-order chi connectivity index (χ1) is 8.04. The zero-order valence-corrected chi connectivity index (χ0v) is 9.61. The smallest absolute Gasteiger partial charge is 0.269 e. The molecule has 1 aromatic carbocycles. The average molecular weight is 253 g/mol. The largest absolute Gasteiger partial charge is 0.375 e. The molecular formula is C9H11N5O2S. The van der Waals surface area contributed by atoms with Crippen LogP contribution in [-0.4, -0.2) is 22.3 Å². The second-order valence-corrected chi connectivity index (χ2v) is 3.48. The van der Waals surface area contributed by atoms with E-state index in [0.29, 0.717) is 11.3 Å². The Hall–Kier alpha value is -2.06. The van der Waals surface area contributed by atoms with Crippen molar-refractivity contribution in [1.29, 1.82) is 0 Å². The lowest BCUT2D eigenvalue weighted by molar-refractivity contribution is -0.384. The molecule has 0 atom stereocenters. The Labute approximate surface area is 103 Å². The molecule has 7 nitrogen and oxygen atoms in total. The summed E-state index contributed by atoms with van der Waals surface area (Å²) in [6.07, 6.45) is 0. The molecule has 8 heteroatoms. The summed E-state index contributed by atoms with van der Waals surface area (Å²) in [4.78, 5) is 10.00. The minimum Gasteiger partial charge on any atom is -0.375 e. The van der Waals surface area contributed by atoms with Crippen LogP contribution < -0.4 is 16.9 Å². The second-order valence-electron chi connectivity index (χ2n) is 3.04. The topological polar surface area (TPSA) is 120 Å². The quantitative estimate of drug-likeness (QED) is 0.303. The number of nitrogens with one attached hydrogen (secondary N) is 1. The monoisotopic (exact) mass is 253 g/mol. The highest BCUT2D eigenvalue weighted by atomic mass is 32.1. The number of hydrogen-bond donors (Lipinski definition) is 3. The number of nitrogens with zero attached hydrogens (tertiary/aromatic N) is 2. The Balaban J connectivity index is 2.93. The molecule has 0 saturated heterocycles. The summed E-state index contributed by atoms with van der Waals surface area (Å²) in [5.41, 5.74) is 14.3. The Bertz CT molecular complexity index is 457. The van der Waals surface area contributed by atoms with Crippen LogP contribution in [-0.2, 0) is 0 Å². The van der Waals surface area contributed by atoms with E-state index in [1.54, 1.807) is 12.1 Å². The van der Waals surface area contributed by atoms with E-state index in [-0.39, 0.29) is 17.3 Å². The Morgan fingerprint density at radius 2 is 2.06 bits per heavy atom. The van der Waals surface area contributed by atoms with Crippen LogP contribution in [0, 0.1) is 10.1 Å². The van der Waals surface area contributed by atoms with Crippen LogP contribution >= 0.6 is 12.2 Å². The number of nitro groups is 1. The van der Waals surface area contributed by atoms with E-state index >= 15 is 0 Å². The normalized spacial score (nSPS) is 11.0. The summed E-state index contributed by atoms with van der Waals surface area (Å²) in [6.45, 7) is 0.160. The number of nitrogens with two attached hydrogens (primary N) is 2. The molecule has 1 aromatic rings. The Morgan fingerprint density at radius 3 is 2.47 bits per heavy atom. The minimum absolute atomic E-state index is 0.00688. The van der Waals surface area contributed by atoms with Gasteiger partial charge in [0.25, 0.3) is 5.69 Å². The maximum Gasteiger partial charge on any atom is 0.269 e. The zero-order valence-electron chi connectivity index (χ0n) is 8.79. The fraction of sp³-hybridized carbons (Fsp3) is 0.111. The van der Waals surface area contributed by atoms with Crippen molar-refractivity contribution < 1.29 is 4.92 Å². The van der Waals surface area contributed by atoms with Crippen LogP contribution in [0.2, 0.25) is 0 Å². The molecule has 0 aliphatic carbocycles. The van der Waals surface area contributed by atoms with Gasteiger partial charge in [-0.2, -0.15) is 5.10 Å². The maximum absolute atomic E-state index is 10.5. The van der Waals surface area contributed by atoms with E-state index in [4.69, 9.17) is 11.5 Å². The van der Waals surface area contributed by atoms with E-state index in [1.807, 2.05) is 0 Å². The van der Waals surface area contributed by atoms with Crippen molar-refractivity contribution >= 4 is 28.7 Å². The van der Waals surface area contributed by atoms with Crippen molar-refractivity contribution in [2.45, 2.75) is 0 Å². The van der Waals surface area contributed by atoms with Crippen LogP contribution in [0.4, 0.5) is 5.69 Å². The van der Waals surface area contributed by atoms with Gasteiger partial charge in [0.1, 0.15) is 0 Å². The Morgan fingerprint density at radius 1 is 1.47 bits per heavy atom. The van der Waals surface area contributed by atoms with Crippen LogP contribution in [0.3, 0.4) is 0 Å². The van der Waals surface area contributed by atoms with Gasteiger partial charge in [0.15, 0.2) is 5.11 Å². The number of rotatable bonds is 4. The molecule has 0 aliphatic rings. The standard InChI is InChI=1S/C9H11N5O2S/c10-5-8(12-13-9(11)17)6-1-3-7(4-2-6)14(15)16/h1-4H,5,10H2,(H3,11,13,17)/b12-8+. The maximum atomic E-state index is 10.5.